The molecule has 2 saturated heterocycles. The van der Waals surface area contributed by atoms with E-state index in [0.29, 0.717) is 13.0 Å². The molecule has 1 amide bonds. The second kappa shape index (κ2) is 3.48. The lowest BCUT2D eigenvalue weighted by atomic mass is 9.99. The molecule has 5 heteroatoms. The van der Waals surface area contributed by atoms with Crippen LogP contribution in [-0.4, -0.2) is 42.8 Å². The van der Waals surface area contributed by atoms with Gasteiger partial charge in [0.05, 0.1) is 19.6 Å². The highest BCUT2D eigenvalue weighted by Crippen LogP contribution is 2.29. The zero-order valence-corrected chi connectivity index (χ0v) is 8.06. The lowest BCUT2D eigenvalue weighted by Gasteiger charge is -2.34. The minimum Gasteiger partial charge on any atom is -0.460 e. The van der Waals surface area contributed by atoms with Crippen LogP contribution in [0.5, 0.6) is 0 Å². The third-order valence-corrected chi connectivity index (χ3v) is 2.78. The standard InChI is InChI=1S/C9H13NO4/c1-13-9(12)10-4-2-3-7-6(10)5-8(11)14-7/h6-7H,2-5H2,1H3/t6-,7-/m1/s1. The second-order valence-electron chi connectivity index (χ2n) is 3.61. The van der Waals surface area contributed by atoms with Gasteiger partial charge >= 0.3 is 12.1 Å². The van der Waals surface area contributed by atoms with Crippen molar-refractivity contribution < 1.29 is 19.1 Å². The van der Waals surface area contributed by atoms with Crippen LogP contribution in [0.25, 0.3) is 0 Å². The first kappa shape index (κ1) is 9.30. The number of piperidine rings is 1. The molecule has 2 rings (SSSR count). The predicted molar refractivity (Wildman–Crippen MR) is 46.6 cm³/mol. The first-order valence-corrected chi connectivity index (χ1v) is 4.76. The molecular weight excluding hydrogens is 186 g/mol. The second-order valence-corrected chi connectivity index (χ2v) is 3.61. The Morgan fingerprint density at radius 2 is 2.43 bits per heavy atom. The van der Waals surface area contributed by atoms with Gasteiger partial charge in [-0.05, 0) is 12.8 Å². The minimum atomic E-state index is -0.363. The zero-order chi connectivity index (χ0) is 10.1. The van der Waals surface area contributed by atoms with Crippen LogP contribution >= 0.6 is 0 Å². The van der Waals surface area contributed by atoms with E-state index >= 15 is 0 Å². The molecule has 0 aromatic heterocycles. The first-order chi connectivity index (χ1) is 6.72. The number of nitrogens with zero attached hydrogens (tertiary/aromatic N) is 1. The van der Waals surface area contributed by atoms with Gasteiger partial charge in [0, 0.05) is 6.54 Å². The molecule has 2 fully saturated rings. The highest BCUT2D eigenvalue weighted by molar-refractivity contribution is 5.75. The maximum absolute atomic E-state index is 11.4. The Bertz CT molecular complexity index is 266. The van der Waals surface area contributed by atoms with Crippen LogP contribution in [0.3, 0.4) is 0 Å². The Balaban J connectivity index is 2.11. The quantitative estimate of drug-likeness (QED) is 0.534. The van der Waals surface area contributed by atoms with Crippen molar-refractivity contribution >= 4 is 12.1 Å². The highest BCUT2D eigenvalue weighted by Gasteiger charge is 2.43. The van der Waals surface area contributed by atoms with Crippen LogP contribution in [0.2, 0.25) is 0 Å². The fourth-order valence-corrected chi connectivity index (χ4v) is 2.13. The number of ether oxygens (including phenoxy) is 2. The van der Waals surface area contributed by atoms with Crippen molar-refractivity contribution in [1.82, 2.24) is 4.90 Å². The molecule has 2 aliphatic heterocycles. The number of fused-ring (bicyclic) bond motifs is 1. The van der Waals surface area contributed by atoms with Gasteiger partial charge in [-0.1, -0.05) is 0 Å². The molecule has 2 atom stereocenters. The lowest BCUT2D eigenvalue weighted by molar-refractivity contribution is -0.142. The molecular formula is C9H13NO4. The monoisotopic (exact) mass is 199 g/mol. The average molecular weight is 199 g/mol. The number of amides is 1. The van der Waals surface area contributed by atoms with Crippen molar-refractivity contribution in [2.75, 3.05) is 13.7 Å². The molecule has 0 saturated carbocycles. The number of likely N-dealkylation sites (tertiary alicyclic amines) is 1. The van der Waals surface area contributed by atoms with E-state index in [4.69, 9.17) is 4.74 Å². The van der Waals surface area contributed by atoms with Crippen LogP contribution < -0.4 is 0 Å². The summed E-state index contributed by atoms with van der Waals surface area (Å²) in [5.41, 5.74) is 0. The van der Waals surface area contributed by atoms with E-state index in [1.54, 1.807) is 4.90 Å². The smallest absolute Gasteiger partial charge is 0.409 e. The van der Waals surface area contributed by atoms with E-state index in [2.05, 4.69) is 4.74 Å². The van der Waals surface area contributed by atoms with Gasteiger partial charge in [-0.15, -0.1) is 0 Å². The zero-order valence-electron chi connectivity index (χ0n) is 8.06. The van der Waals surface area contributed by atoms with E-state index < -0.39 is 0 Å². The van der Waals surface area contributed by atoms with E-state index in [0.717, 1.165) is 12.8 Å². The van der Waals surface area contributed by atoms with E-state index in [9.17, 15) is 9.59 Å². The van der Waals surface area contributed by atoms with Crippen molar-refractivity contribution in [3.8, 4) is 0 Å². The van der Waals surface area contributed by atoms with Gasteiger partial charge in [-0.3, -0.25) is 4.79 Å². The van der Waals surface area contributed by atoms with Crippen molar-refractivity contribution in [3.05, 3.63) is 0 Å². The normalized spacial score (nSPS) is 30.9. The van der Waals surface area contributed by atoms with Crippen molar-refractivity contribution in [2.45, 2.75) is 31.4 Å². The highest BCUT2D eigenvalue weighted by atomic mass is 16.6. The largest absolute Gasteiger partial charge is 0.460 e. The number of rotatable bonds is 0. The van der Waals surface area contributed by atoms with Gasteiger partial charge in [-0.25, -0.2) is 4.79 Å². The van der Waals surface area contributed by atoms with Gasteiger partial charge in [0.1, 0.15) is 6.10 Å². The summed E-state index contributed by atoms with van der Waals surface area (Å²) >= 11 is 0. The summed E-state index contributed by atoms with van der Waals surface area (Å²) in [4.78, 5) is 24.0. The fraction of sp³-hybridized carbons (Fsp3) is 0.778. The van der Waals surface area contributed by atoms with Gasteiger partial charge in [0.25, 0.3) is 0 Å². The first-order valence-electron chi connectivity index (χ1n) is 4.76. The summed E-state index contributed by atoms with van der Waals surface area (Å²) < 4.78 is 9.76. The fourth-order valence-electron chi connectivity index (χ4n) is 2.13. The van der Waals surface area contributed by atoms with Gasteiger partial charge < -0.3 is 14.4 Å². The van der Waals surface area contributed by atoms with Crippen LogP contribution in [0, 0.1) is 0 Å². The van der Waals surface area contributed by atoms with Crippen molar-refractivity contribution in [1.29, 1.82) is 0 Å². The number of methoxy groups -OCH3 is 1. The molecule has 0 spiro atoms. The summed E-state index contributed by atoms with van der Waals surface area (Å²) in [6.07, 6.45) is 1.54. The molecule has 78 valence electrons. The molecule has 0 bridgehead atoms. The number of hydrogen-bond donors (Lipinski definition) is 0. The van der Waals surface area contributed by atoms with Gasteiger partial charge in [0.15, 0.2) is 0 Å². The molecule has 0 aromatic carbocycles. The Morgan fingerprint density at radius 3 is 3.14 bits per heavy atom. The number of carbonyl (C=O) groups is 2. The summed E-state index contributed by atoms with van der Waals surface area (Å²) in [5.74, 6) is -0.212. The number of carbonyl (C=O) groups excluding carboxylic acids is 2. The molecule has 0 N–H and O–H groups in total. The van der Waals surface area contributed by atoms with Gasteiger partial charge in [0.2, 0.25) is 0 Å². The summed E-state index contributed by atoms with van der Waals surface area (Å²) in [5, 5.41) is 0. The predicted octanol–water partition coefficient (Wildman–Crippen LogP) is 0.533. The molecule has 0 aromatic rings. The summed E-state index contributed by atoms with van der Waals surface area (Å²) in [6, 6.07) is -0.108. The number of esters is 1. The maximum Gasteiger partial charge on any atom is 0.409 e. The summed E-state index contributed by atoms with van der Waals surface area (Å²) in [7, 11) is 1.35. The molecule has 2 aliphatic rings. The Labute approximate surface area is 82.0 Å². The summed E-state index contributed by atoms with van der Waals surface area (Å²) in [6.45, 7) is 0.657. The van der Waals surface area contributed by atoms with Crippen molar-refractivity contribution in [3.63, 3.8) is 0 Å². The van der Waals surface area contributed by atoms with Crippen molar-refractivity contribution in [2.24, 2.45) is 0 Å². The molecule has 14 heavy (non-hydrogen) atoms. The van der Waals surface area contributed by atoms with Crippen LogP contribution in [-0.2, 0) is 14.3 Å². The van der Waals surface area contributed by atoms with Crippen LogP contribution in [0.4, 0.5) is 4.79 Å². The average Bonchev–Trinajstić information content (AvgIpc) is 2.56. The minimum absolute atomic E-state index is 0.108. The third-order valence-electron chi connectivity index (χ3n) is 2.78. The Hall–Kier alpha value is -1.26. The molecule has 2 heterocycles. The lowest BCUT2D eigenvalue weighted by Crippen LogP contribution is -2.48. The van der Waals surface area contributed by atoms with Gasteiger partial charge in [-0.2, -0.15) is 0 Å². The van der Waals surface area contributed by atoms with E-state index in [1.807, 2.05) is 0 Å². The van der Waals surface area contributed by atoms with E-state index in [-0.39, 0.29) is 24.2 Å². The topological polar surface area (TPSA) is 55.8 Å². The SMILES string of the molecule is COC(=O)N1CCC[C@H]2OC(=O)C[C@H]21. The molecule has 5 nitrogen and oxygen atoms in total. The maximum atomic E-state index is 11.4. The van der Waals surface area contributed by atoms with Crippen LogP contribution in [0.1, 0.15) is 19.3 Å². The Kier molecular flexibility index (Phi) is 2.31. The molecule has 0 unspecified atom stereocenters. The Morgan fingerprint density at radius 1 is 1.64 bits per heavy atom. The van der Waals surface area contributed by atoms with E-state index in [1.165, 1.54) is 7.11 Å². The third kappa shape index (κ3) is 1.42. The molecule has 0 radical (unpaired) electrons. The van der Waals surface area contributed by atoms with Crippen LogP contribution in [0.15, 0.2) is 0 Å². The molecule has 0 aliphatic carbocycles. The number of hydrogen-bond acceptors (Lipinski definition) is 4.